The number of nitrogens with one attached hydrogen (secondary N) is 2. The Bertz CT molecular complexity index is 222. The van der Waals surface area contributed by atoms with Crippen LogP contribution in [0.2, 0.25) is 0 Å². The van der Waals surface area contributed by atoms with E-state index in [0.29, 0.717) is 12.5 Å². The lowest BCUT2D eigenvalue weighted by Gasteiger charge is -2.05. The first-order valence-electron chi connectivity index (χ1n) is 5.83. The molecule has 0 aliphatic heterocycles. The molecule has 3 heteroatoms. The lowest BCUT2D eigenvalue weighted by molar-refractivity contribution is -0.121. The molecule has 1 amide bonds. The summed E-state index contributed by atoms with van der Waals surface area (Å²) >= 11 is 0. The second-order valence-corrected chi connectivity index (χ2v) is 4.40. The van der Waals surface area contributed by atoms with Gasteiger partial charge in [0.25, 0.3) is 0 Å². The summed E-state index contributed by atoms with van der Waals surface area (Å²) in [5.74, 6) is 0.208. The molecule has 0 atom stereocenters. The molecule has 1 aliphatic rings. The van der Waals surface area contributed by atoms with E-state index in [0.717, 1.165) is 25.9 Å². The van der Waals surface area contributed by atoms with E-state index in [-0.39, 0.29) is 5.91 Å². The molecule has 0 saturated heterocycles. The Morgan fingerprint density at radius 3 is 2.67 bits per heavy atom. The molecule has 3 nitrogen and oxygen atoms in total. The topological polar surface area (TPSA) is 41.1 Å². The molecule has 0 unspecified atom stereocenters. The zero-order valence-electron chi connectivity index (χ0n) is 9.64. The average Bonchev–Trinajstić information content (AvgIpc) is 2.94. The Morgan fingerprint density at radius 2 is 2.07 bits per heavy atom. The van der Waals surface area contributed by atoms with Gasteiger partial charge in [-0.25, -0.2) is 0 Å². The molecular formula is C12H22N2O. The van der Waals surface area contributed by atoms with Gasteiger partial charge in [-0.2, -0.15) is 0 Å². The fourth-order valence-electron chi connectivity index (χ4n) is 1.33. The van der Waals surface area contributed by atoms with E-state index in [9.17, 15) is 4.79 Å². The van der Waals surface area contributed by atoms with Gasteiger partial charge in [0.1, 0.15) is 0 Å². The Morgan fingerprint density at radius 1 is 1.33 bits per heavy atom. The highest BCUT2D eigenvalue weighted by Gasteiger charge is 2.22. The van der Waals surface area contributed by atoms with Crippen LogP contribution in [0.25, 0.3) is 0 Å². The van der Waals surface area contributed by atoms with Gasteiger partial charge in [-0.15, -0.1) is 6.58 Å². The lowest BCUT2D eigenvalue weighted by Crippen LogP contribution is -2.26. The van der Waals surface area contributed by atoms with Gasteiger partial charge in [0.05, 0.1) is 0 Å². The second kappa shape index (κ2) is 6.62. The van der Waals surface area contributed by atoms with Gasteiger partial charge in [-0.1, -0.05) is 5.57 Å². The summed E-state index contributed by atoms with van der Waals surface area (Å²) in [4.78, 5) is 11.3. The van der Waals surface area contributed by atoms with Crippen LogP contribution in [0.1, 0.15) is 39.0 Å². The summed E-state index contributed by atoms with van der Waals surface area (Å²) in [5, 5.41) is 6.28. The minimum Gasteiger partial charge on any atom is -0.353 e. The molecular weight excluding hydrogens is 188 g/mol. The van der Waals surface area contributed by atoms with Crippen molar-refractivity contribution in [1.82, 2.24) is 10.6 Å². The third-order valence-electron chi connectivity index (χ3n) is 2.43. The Labute approximate surface area is 92.3 Å². The summed E-state index contributed by atoms with van der Waals surface area (Å²) in [6, 6.07) is 0.494. The van der Waals surface area contributed by atoms with Crippen LogP contribution < -0.4 is 10.6 Å². The molecule has 2 N–H and O–H groups in total. The van der Waals surface area contributed by atoms with Crippen LogP contribution in [0, 0.1) is 0 Å². The number of carbonyl (C=O) groups is 1. The predicted molar refractivity (Wildman–Crippen MR) is 62.7 cm³/mol. The molecule has 0 aromatic carbocycles. The first-order chi connectivity index (χ1) is 7.18. The molecule has 1 fully saturated rings. The summed E-state index contributed by atoms with van der Waals surface area (Å²) < 4.78 is 0. The zero-order chi connectivity index (χ0) is 11.1. The van der Waals surface area contributed by atoms with Crippen molar-refractivity contribution in [2.75, 3.05) is 13.1 Å². The number of hydrogen-bond donors (Lipinski definition) is 2. The van der Waals surface area contributed by atoms with Crippen LogP contribution in [0.4, 0.5) is 0 Å². The molecule has 0 radical (unpaired) electrons. The molecule has 15 heavy (non-hydrogen) atoms. The third kappa shape index (κ3) is 7.14. The fraction of sp³-hybridized carbons (Fsp3) is 0.750. The molecule has 1 rings (SSSR count). The normalized spacial score (nSPS) is 15.0. The van der Waals surface area contributed by atoms with E-state index in [4.69, 9.17) is 0 Å². The largest absolute Gasteiger partial charge is 0.353 e. The van der Waals surface area contributed by atoms with E-state index in [1.54, 1.807) is 0 Å². The maximum absolute atomic E-state index is 11.3. The van der Waals surface area contributed by atoms with Gasteiger partial charge in [0.2, 0.25) is 5.91 Å². The quantitative estimate of drug-likeness (QED) is 0.472. The van der Waals surface area contributed by atoms with E-state index >= 15 is 0 Å². The summed E-state index contributed by atoms with van der Waals surface area (Å²) in [7, 11) is 0. The number of hydrogen-bond acceptors (Lipinski definition) is 2. The first kappa shape index (κ1) is 12.2. The maximum Gasteiger partial charge on any atom is 0.220 e. The molecule has 0 aromatic rings. The van der Waals surface area contributed by atoms with E-state index < -0.39 is 0 Å². The molecule has 0 bridgehead atoms. The van der Waals surface area contributed by atoms with Crippen LogP contribution in [-0.4, -0.2) is 25.0 Å². The predicted octanol–water partition coefficient (Wildman–Crippen LogP) is 1.60. The number of carbonyl (C=O) groups excluding carboxylic acids is 1. The molecule has 0 spiro atoms. The van der Waals surface area contributed by atoms with Gasteiger partial charge < -0.3 is 10.6 Å². The molecule has 1 aliphatic carbocycles. The van der Waals surface area contributed by atoms with E-state index in [2.05, 4.69) is 17.2 Å². The Kier molecular flexibility index (Phi) is 5.40. The standard InChI is InChI=1S/C12H22N2O/c1-10(2)7-9-13-8-3-4-12(15)14-11-5-6-11/h11,13H,1,3-9H2,2H3,(H,14,15). The van der Waals surface area contributed by atoms with Crippen LogP contribution in [0.15, 0.2) is 12.2 Å². The van der Waals surface area contributed by atoms with Gasteiger partial charge >= 0.3 is 0 Å². The highest BCUT2D eigenvalue weighted by molar-refractivity contribution is 5.76. The van der Waals surface area contributed by atoms with Gasteiger partial charge in [0.15, 0.2) is 0 Å². The number of rotatable bonds is 8. The SMILES string of the molecule is C=C(C)CCNCCCC(=O)NC1CC1. The van der Waals surface area contributed by atoms with Crippen molar-refractivity contribution >= 4 is 5.91 Å². The molecule has 86 valence electrons. The summed E-state index contributed by atoms with van der Waals surface area (Å²) in [6.45, 7) is 7.76. The summed E-state index contributed by atoms with van der Waals surface area (Å²) in [6.07, 6.45) is 4.94. The van der Waals surface area contributed by atoms with Gasteiger partial charge in [-0.05, 0) is 45.7 Å². The highest BCUT2D eigenvalue weighted by atomic mass is 16.1. The zero-order valence-corrected chi connectivity index (χ0v) is 9.64. The van der Waals surface area contributed by atoms with Crippen molar-refractivity contribution in [1.29, 1.82) is 0 Å². The number of amides is 1. The lowest BCUT2D eigenvalue weighted by atomic mass is 10.2. The second-order valence-electron chi connectivity index (χ2n) is 4.40. The van der Waals surface area contributed by atoms with Crippen molar-refractivity contribution in [3.05, 3.63) is 12.2 Å². The van der Waals surface area contributed by atoms with Crippen LogP contribution in [-0.2, 0) is 4.79 Å². The molecule has 0 heterocycles. The Hall–Kier alpha value is -0.830. The molecule has 1 saturated carbocycles. The smallest absolute Gasteiger partial charge is 0.220 e. The van der Waals surface area contributed by atoms with E-state index in [1.165, 1.54) is 18.4 Å². The first-order valence-corrected chi connectivity index (χ1v) is 5.83. The van der Waals surface area contributed by atoms with Crippen LogP contribution >= 0.6 is 0 Å². The minimum atomic E-state index is 0.208. The van der Waals surface area contributed by atoms with Crippen molar-refractivity contribution in [3.63, 3.8) is 0 Å². The molecule has 0 aromatic heterocycles. The van der Waals surface area contributed by atoms with Crippen LogP contribution in [0.3, 0.4) is 0 Å². The monoisotopic (exact) mass is 210 g/mol. The average molecular weight is 210 g/mol. The van der Waals surface area contributed by atoms with Crippen LogP contribution in [0.5, 0.6) is 0 Å². The van der Waals surface area contributed by atoms with Gasteiger partial charge in [-0.3, -0.25) is 4.79 Å². The van der Waals surface area contributed by atoms with Gasteiger partial charge in [0, 0.05) is 12.5 Å². The highest BCUT2D eigenvalue weighted by Crippen LogP contribution is 2.18. The van der Waals surface area contributed by atoms with Crippen molar-refractivity contribution < 1.29 is 4.79 Å². The van der Waals surface area contributed by atoms with Crippen molar-refractivity contribution in [2.24, 2.45) is 0 Å². The Balaban J connectivity index is 1.83. The third-order valence-corrected chi connectivity index (χ3v) is 2.43. The minimum absolute atomic E-state index is 0.208. The van der Waals surface area contributed by atoms with Crippen molar-refractivity contribution in [2.45, 2.75) is 45.1 Å². The fourth-order valence-corrected chi connectivity index (χ4v) is 1.33. The maximum atomic E-state index is 11.3. The van der Waals surface area contributed by atoms with E-state index in [1.807, 2.05) is 6.92 Å². The summed E-state index contributed by atoms with van der Waals surface area (Å²) in [5.41, 5.74) is 1.20. The van der Waals surface area contributed by atoms with Crippen molar-refractivity contribution in [3.8, 4) is 0 Å².